The Morgan fingerprint density at radius 2 is 1.90 bits per heavy atom. The maximum Gasteiger partial charge on any atom is 0.0467 e. The van der Waals surface area contributed by atoms with Gasteiger partial charge in [0.15, 0.2) is 0 Å². The summed E-state index contributed by atoms with van der Waals surface area (Å²) in [6.07, 6.45) is 8.70. The molecule has 2 nitrogen and oxygen atoms in total. The molecule has 0 amide bonds. The summed E-state index contributed by atoms with van der Waals surface area (Å²) < 4.78 is 2.19. The van der Waals surface area contributed by atoms with Gasteiger partial charge in [-0.2, -0.15) is 0 Å². The summed E-state index contributed by atoms with van der Waals surface area (Å²) in [5, 5.41) is 4.31. The van der Waals surface area contributed by atoms with Gasteiger partial charge < -0.3 is 9.88 Å². The van der Waals surface area contributed by atoms with Gasteiger partial charge in [-0.25, -0.2) is 0 Å². The van der Waals surface area contributed by atoms with Gasteiger partial charge in [0, 0.05) is 29.1 Å². The normalized spacial score (nSPS) is 11.0. The average Bonchev–Trinajstić information content (AvgIpc) is 2.95. The van der Waals surface area contributed by atoms with E-state index in [9.17, 15) is 0 Å². The Morgan fingerprint density at radius 3 is 2.71 bits per heavy atom. The quantitative estimate of drug-likeness (QED) is 0.631. The monoisotopic (exact) mass is 304 g/mol. The molecule has 0 aliphatic heterocycles. The lowest BCUT2D eigenvalue weighted by Crippen LogP contribution is -2.16. The molecule has 0 aliphatic carbocycles. The molecule has 0 spiro atoms. The van der Waals surface area contributed by atoms with Gasteiger partial charge in [0.25, 0.3) is 0 Å². The summed E-state index contributed by atoms with van der Waals surface area (Å²) in [5.41, 5.74) is 2.39. The minimum absolute atomic E-state index is 0.774. The van der Waals surface area contributed by atoms with Crippen LogP contribution in [-0.2, 0) is 6.54 Å². The van der Waals surface area contributed by atoms with E-state index < -0.39 is 0 Å². The Bertz CT molecular complexity index is 534. The van der Waals surface area contributed by atoms with Crippen LogP contribution in [0, 0.1) is 0 Å². The van der Waals surface area contributed by atoms with Crippen LogP contribution >= 0.6 is 11.6 Å². The molecule has 0 fully saturated rings. The lowest BCUT2D eigenvalue weighted by Gasteiger charge is -2.10. The fraction of sp³-hybridized carbons (Fsp3) is 0.444. The highest BCUT2D eigenvalue weighted by Crippen LogP contribution is 2.17. The fourth-order valence-corrected chi connectivity index (χ4v) is 2.69. The van der Waals surface area contributed by atoms with E-state index >= 15 is 0 Å². The second-order valence-electron chi connectivity index (χ2n) is 5.44. The zero-order valence-electron chi connectivity index (χ0n) is 12.8. The van der Waals surface area contributed by atoms with Crippen LogP contribution in [0.1, 0.15) is 44.7 Å². The van der Waals surface area contributed by atoms with Gasteiger partial charge in [-0.3, -0.25) is 0 Å². The highest BCUT2D eigenvalue weighted by molar-refractivity contribution is 6.30. The van der Waals surface area contributed by atoms with Crippen molar-refractivity contribution in [1.82, 2.24) is 9.88 Å². The number of halogens is 1. The first kappa shape index (κ1) is 16.1. The van der Waals surface area contributed by atoms with Crippen LogP contribution in [-0.4, -0.2) is 11.1 Å². The van der Waals surface area contributed by atoms with Crippen molar-refractivity contribution in [3.05, 3.63) is 53.3 Å². The maximum absolute atomic E-state index is 6.07. The molecule has 3 heteroatoms. The number of hydrogen-bond donors (Lipinski definition) is 1. The van der Waals surface area contributed by atoms with Crippen molar-refractivity contribution < 1.29 is 0 Å². The predicted molar refractivity (Wildman–Crippen MR) is 91.2 cm³/mol. The number of unbranched alkanes of at least 4 members (excludes halogenated alkanes) is 4. The van der Waals surface area contributed by atoms with E-state index in [1.165, 1.54) is 37.8 Å². The molecule has 1 aromatic carbocycles. The third kappa shape index (κ3) is 5.22. The molecule has 114 valence electrons. The molecule has 2 aromatic rings. The molecule has 0 atom stereocenters. The Kier molecular flexibility index (Phi) is 6.84. The van der Waals surface area contributed by atoms with Gasteiger partial charge in [-0.05, 0) is 43.3 Å². The summed E-state index contributed by atoms with van der Waals surface area (Å²) >= 11 is 6.07. The largest absolute Gasteiger partial charge is 0.320 e. The van der Waals surface area contributed by atoms with Crippen LogP contribution < -0.4 is 5.32 Å². The SMILES string of the molecule is CCCCCCCNCc1cccn1-c1cccc(Cl)c1. The molecule has 1 heterocycles. The minimum atomic E-state index is 0.774. The Morgan fingerprint density at radius 1 is 1.05 bits per heavy atom. The highest BCUT2D eigenvalue weighted by atomic mass is 35.5. The number of rotatable bonds is 9. The van der Waals surface area contributed by atoms with Crippen LogP contribution in [0.3, 0.4) is 0 Å². The van der Waals surface area contributed by atoms with Crippen LogP contribution in [0.2, 0.25) is 5.02 Å². The maximum atomic E-state index is 6.07. The molecule has 1 aromatic heterocycles. The molecule has 1 N–H and O–H groups in total. The minimum Gasteiger partial charge on any atom is -0.320 e. The van der Waals surface area contributed by atoms with Gasteiger partial charge in [0.2, 0.25) is 0 Å². The first-order valence-electron chi connectivity index (χ1n) is 7.94. The first-order valence-corrected chi connectivity index (χ1v) is 8.32. The van der Waals surface area contributed by atoms with Gasteiger partial charge in [-0.1, -0.05) is 50.3 Å². The molecule has 0 aliphatic rings. The molecule has 0 unspecified atom stereocenters. The van der Waals surface area contributed by atoms with Gasteiger partial charge in [0.1, 0.15) is 0 Å². The Balaban J connectivity index is 1.81. The topological polar surface area (TPSA) is 17.0 Å². The van der Waals surface area contributed by atoms with E-state index in [2.05, 4.69) is 41.2 Å². The average molecular weight is 305 g/mol. The second kappa shape index (κ2) is 8.91. The third-order valence-electron chi connectivity index (χ3n) is 3.68. The van der Waals surface area contributed by atoms with E-state index in [-0.39, 0.29) is 0 Å². The van der Waals surface area contributed by atoms with Crippen molar-refractivity contribution in [2.24, 2.45) is 0 Å². The fourth-order valence-electron chi connectivity index (χ4n) is 2.51. The van der Waals surface area contributed by atoms with Crippen LogP contribution in [0.15, 0.2) is 42.6 Å². The lowest BCUT2D eigenvalue weighted by molar-refractivity contribution is 0.578. The Labute approximate surface area is 133 Å². The van der Waals surface area contributed by atoms with Crippen molar-refractivity contribution in [2.45, 2.75) is 45.6 Å². The van der Waals surface area contributed by atoms with Crippen molar-refractivity contribution in [3.8, 4) is 5.69 Å². The Hall–Kier alpha value is -1.25. The first-order chi connectivity index (χ1) is 10.3. The number of aromatic nitrogens is 1. The number of hydrogen-bond acceptors (Lipinski definition) is 1. The van der Waals surface area contributed by atoms with Gasteiger partial charge in [0.05, 0.1) is 0 Å². The standard InChI is InChI=1S/C18H25ClN2/c1-2-3-4-5-6-12-20-15-18-11-8-13-21(18)17-10-7-9-16(19)14-17/h7-11,13-14,20H,2-6,12,15H2,1H3. The van der Waals surface area contributed by atoms with Gasteiger partial charge >= 0.3 is 0 Å². The van der Waals surface area contributed by atoms with Crippen LogP contribution in [0.4, 0.5) is 0 Å². The predicted octanol–water partition coefficient (Wildman–Crippen LogP) is 5.19. The van der Waals surface area contributed by atoms with Crippen molar-refractivity contribution >= 4 is 11.6 Å². The summed E-state index contributed by atoms with van der Waals surface area (Å²) in [4.78, 5) is 0. The van der Waals surface area contributed by atoms with E-state index in [4.69, 9.17) is 11.6 Å². The molecule has 0 saturated carbocycles. The van der Waals surface area contributed by atoms with Crippen LogP contribution in [0.5, 0.6) is 0 Å². The summed E-state index contributed by atoms with van der Waals surface area (Å²) in [6.45, 7) is 4.24. The van der Waals surface area contributed by atoms with Crippen molar-refractivity contribution in [3.63, 3.8) is 0 Å². The smallest absolute Gasteiger partial charge is 0.0467 e. The zero-order valence-corrected chi connectivity index (χ0v) is 13.6. The lowest BCUT2D eigenvalue weighted by atomic mass is 10.1. The van der Waals surface area contributed by atoms with E-state index in [0.29, 0.717) is 0 Å². The molecule has 0 bridgehead atoms. The molecule has 0 radical (unpaired) electrons. The summed E-state index contributed by atoms with van der Waals surface area (Å²) in [6, 6.07) is 12.2. The molecule has 0 saturated heterocycles. The van der Waals surface area contributed by atoms with E-state index in [0.717, 1.165) is 23.8 Å². The van der Waals surface area contributed by atoms with Gasteiger partial charge in [-0.15, -0.1) is 0 Å². The molecule has 2 rings (SSSR count). The van der Waals surface area contributed by atoms with Crippen LogP contribution in [0.25, 0.3) is 5.69 Å². The number of nitrogens with zero attached hydrogens (tertiary/aromatic N) is 1. The third-order valence-corrected chi connectivity index (χ3v) is 3.92. The summed E-state index contributed by atoms with van der Waals surface area (Å²) in [5.74, 6) is 0. The van der Waals surface area contributed by atoms with Crippen molar-refractivity contribution in [2.75, 3.05) is 6.54 Å². The van der Waals surface area contributed by atoms with E-state index in [1.54, 1.807) is 0 Å². The number of benzene rings is 1. The zero-order chi connectivity index (χ0) is 14.9. The molecular weight excluding hydrogens is 280 g/mol. The molecular formula is C18H25ClN2. The van der Waals surface area contributed by atoms with E-state index in [1.807, 2.05) is 18.2 Å². The van der Waals surface area contributed by atoms with Crippen molar-refractivity contribution in [1.29, 1.82) is 0 Å². The summed E-state index contributed by atoms with van der Waals surface area (Å²) in [7, 11) is 0. The molecule has 21 heavy (non-hydrogen) atoms. The second-order valence-corrected chi connectivity index (χ2v) is 5.88. The highest BCUT2D eigenvalue weighted by Gasteiger charge is 2.03. The number of nitrogens with one attached hydrogen (secondary N) is 1.